The molecule has 3 unspecified atom stereocenters. The lowest BCUT2D eigenvalue weighted by Gasteiger charge is -2.42. The molecule has 1 aliphatic rings. The van der Waals surface area contributed by atoms with E-state index in [9.17, 15) is 34.0 Å². The summed E-state index contributed by atoms with van der Waals surface area (Å²) in [4.78, 5) is 0. The molecule has 0 aromatic carbocycles. The third kappa shape index (κ3) is 4.07. The van der Waals surface area contributed by atoms with Crippen molar-refractivity contribution in [3.05, 3.63) is 0 Å². The summed E-state index contributed by atoms with van der Waals surface area (Å²) in [6, 6.07) is 0. The SMILES string of the molecule is O=S(=O)(O)C[C@H]1OC(C(O)C(O)CO)[C@H](O)[C@@H](O)[C@@H]1O. The zero-order chi connectivity index (χ0) is 15.7. The Morgan fingerprint density at radius 3 is 2.05 bits per heavy atom. The molecular weight excluding hydrogens is 300 g/mol. The van der Waals surface area contributed by atoms with Gasteiger partial charge in [0, 0.05) is 0 Å². The van der Waals surface area contributed by atoms with Crippen molar-refractivity contribution in [3.63, 3.8) is 0 Å². The van der Waals surface area contributed by atoms with Gasteiger partial charge in [0.2, 0.25) is 0 Å². The maximum absolute atomic E-state index is 10.8. The van der Waals surface area contributed by atoms with Gasteiger partial charge in [-0.2, -0.15) is 8.42 Å². The molecular formula is C9H18O10S. The van der Waals surface area contributed by atoms with Crippen LogP contribution in [0, 0.1) is 0 Å². The molecule has 11 heteroatoms. The molecule has 20 heavy (non-hydrogen) atoms. The lowest BCUT2D eigenvalue weighted by Crippen LogP contribution is -2.63. The van der Waals surface area contributed by atoms with Gasteiger partial charge in [0.05, 0.1) is 6.61 Å². The van der Waals surface area contributed by atoms with Gasteiger partial charge >= 0.3 is 0 Å². The average molecular weight is 318 g/mol. The Hall–Kier alpha value is -0.370. The summed E-state index contributed by atoms with van der Waals surface area (Å²) < 4.78 is 35.2. The quantitative estimate of drug-likeness (QED) is 0.243. The van der Waals surface area contributed by atoms with Crippen LogP contribution >= 0.6 is 0 Å². The molecule has 1 saturated heterocycles. The van der Waals surface area contributed by atoms with E-state index in [1.165, 1.54) is 0 Å². The number of aliphatic hydroxyl groups is 6. The monoisotopic (exact) mass is 318 g/mol. The number of hydrogen-bond acceptors (Lipinski definition) is 9. The molecule has 0 spiro atoms. The van der Waals surface area contributed by atoms with Gasteiger partial charge in [-0.15, -0.1) is 0 Å². The van der Waals surface area contributed by atoms with Gasteiger partial charge < -0.3 is 35.4 Å². The Bertz CT molecular complexity index is 407. The van der Waals surface area contributed by atoms with Gasteiger partial charge in [-0.25, -0.2) is 0 Å². The normalized spacial score (nSPS) is 38.5. The van der Waals surface area contributed by atoms with Crippen molar-refractivity contribution in [2.24, 2.45) is 0 Å². The fraction of sp³-hybridized carbons (Fsp3) is 1.00. The van der Waals surface area contributed by atoms with E-state index in [2.05, 4.69) is 0 Å². The van der Waals surface area contributed by atoms with E-state index >= 15 is 0 Å². The molecule has 7 N–H and O–H groups in total. The van der Waals surface area contributed by atoms with Crippen molar-refractivity contribution in [1.29, 1.82) is 0 Å². The summed E-state index contributed by atoms with van der Waals surface area (Å²) in [5, 5.41) is 56.4. The zero-order valence-corrected chi connectivity index (χ0v) is 11.0. The first-order chi connectivity index (χ1) is 9.08. The molecule has 1 aliphatic heterocycles. The summed E-state index contributed by atoms with van der Waals surface area (Å²) in [5.74, 6) is -1.07. The van der Waals surface area contributed by atoms with Crippen molar-refractivity contribution in [3.8, 4) is 0 Å². The van der Waals surface area contributed by atoms with Crippen LogP contribution in [-0.4, -0.2) is 98.7 Å². The highest BCUT2D eigenvalue weighted by molar-refractivity contribution is 7.85. The van der Waals surface area contributed by atoms with E-state index in [1.807, 2.05) is 0 Å². The van der Waals surface area contributed by atoms with Gasteiger partial charge in [0.1, 0.15) is 48.5 Å². The van der Waals surface area contributed by atoms with E-state index in [4.69, 9.17) is 14.4 Å². The van der Waals surface area contributed by atoms with Crippen LogP contribution < -0.4 is 0 Å². The third-order valence-corrected chi connectivity index (χ3v) is 3.79. The van der Waals surface area contributed by atoms with E-state index in [-0.39, 0.29) is 0 Å². The number of hydrogen-bond donors (Lipinski definition) is 7. The van der Waals surface area contributed by atoms with Gasteiger partial charge in [-0.3, -0.25) is 4.55 Å². The summed E-state index contributed by atoms with van der Waals surface area (Å²) in [5.41, 5.74) is 0. The second-order valence-corrected chi connectivity index (χ2v) is 6.10. The highest BCUT2D eigenvalue weighted by atomic mass is 32.2. The first kappa shape index (κ1) is 17.7. The molecule has 0 aliphatic carbocycles. The minimum Gasteiger partial charge on any atom is -0.394 e. The topological polar surface area (TPSA) is 185 Å². The Balaban J connectivity index is 2.91. The van der Waals surface area contributed by atoms with Crippen LogP contribution in [0.3, 0.4) is 0 Å². The second kappa shape index (κ2) is 6.60. The van der Waals surface area contributed by atoms with Gasteiger partial charge in [-0.1, -0.05) is 0 Å². The standard InChI is InChI=1S/C9H18O10S/c10-1-3(11)5(12)9-8(15)7(14)6(13)4(19-9)2-20(16,17)18/h3-15H,1-2H2,(H,16,17,18)/t3?,4-,5?,6-,7+,8-,9?/m1/s1. The summed E-state index contributed by atoms with van der Waals surface area (Å²) in [6.45, 7) is -0.866. The van der Waals surface area contributed by atoms with Crippen molar-refractivity contribution < 1.29 is 48.3 Å². The predicted molar refractivity (Wildman–Crippen MR) is 62.2 cm³/mol. The number of ether oxygens (including phenoxy) is 1. The Kier molecular flexibility index (Phi) is 5.83. The minimum absolute atomic E-state index is 0.866. The largest absolute Gasteiger partial charge is 0.394 e. The number of rotatable bonds is 5. The van der Waals surface area contributed by atoms with Crippen LogP contribution in [0.15, 0.2) is 0 Å². The average Bonchev–Trinajstić information content (AvgIpc) is 2.36. The number of aliphatic hydroxyl groups excluding tert-OH is 6. The molecule has 7 atom stereocenters. The fourth-order valence-corrected chi connectivity index (χ4v) is 2.62. The molecule has 0 saturated carbocycles. The molecule has 0 bridgehead atoms. The summed E-state index contributed by atoms with van der Waals surface area (Å²) in [6.07, 6.45) is -12.3. The van der Waals surface area contributed by atoms with Crippen LogP contribution in [0.2, 0.25) is 0 Å². The second-order valence-electron chi connectivity index (χ2n) is 4.60. The van der Waals surface area contributed by atoms with E-state index < -0.39 is 65.2 Å². The Morgan fingerprint density at radius 2 is 1.60 bits per heavy atom. The molecule has 0 amide bonds. The smallest absolute Gasteiger partial charge is 0.267 e. The van der Waals surface area contributed by atoms with E-state index in [1.54, 1.807) is 0 Å². The van der Waals surface area contributed by atoms with Crippen molar-refractivity contribution >= 4 is 10.1 Å². The predicted octanol–water partition coefficient (Wildman–Crippen LogP) is -4.56. The lowest BCUT2D eigenvalue weighted by atomic mass is 9.91. The highest BCUT2D eigenvalue weighted by Gasteiger charge is 2.48. The summed E-state index contributed by atoms with van der Waals surface area (Å²) >= 11 is 0. The van der Waals surface area contributed by atoms with Crippen molar-refractivity contribution in [2.45, 2.75) is 42.7 Å². The van der Waals surface area contributed by atoms with Crippen LogP contribution in [0.5, 0.6) is 0 Å². The molecule has 120 valence electrons. The van der Waals surface area contributed by atoms with Crippen LogP contribution in [0.25, 0.3) is 0 Å². The van der Waals surface area contributed by atoms with Crippen molar-refractivity contribution in [2.75, 3.05) is 12.4 Å². The minimum atomic E-state index is -4.54. The molecule has 10 nitrogen and oxygen atoms in total. The molecule has 1 rings (SSSR count). The summed E-state index contributed by atoms with van der Waals surface area (Å²) in [7, 11) is -4.54. The molecule has 0 aromatic heterocycles. The van der Waals surface area contributed by atoms with Gasteiger partial charge in [-0.05, 0) is 0 Å². The van der Waals surface area contributed by atoms with E-state index in [0.29, 0.717) is 0 Å². The maximum Gasteiger partial charge on any atom is 0.267 e. The highest BCUT2D eigenvalue weighted by Crippen LogP contribution is 2.25. The maximum atomic E-state index is 10.8. The van der Waals surface area contributed by atoms with Crippen molar-refractivity contribution in [1.82, 2.24) is 0 Å². The fourth-order valence-electron chi connectivity index (χ4n) is 1.93. The van der Waals surface area contributed by atoms with Crippen LogP contribution in [0.4, 0.5) is 0 Å². The zero-order valence-electron chi connectivity index (χ0n) is 10.2. The van der Waals surface area contributed by atoms with Crippen LogP contribution in [-0.2, 0) is 14.9 Å². The Morgan fingerprint density at radius 1 is 1.05 bits per heavy atom. The lowest BCUT2D eigenvalue weighted by molar-refractivity contribution is -0.248. The first-order valence-electron chi connectivity index (χ1n) is 5.70. The first-order valence-corrected chi connectivity index (χ1v) is 7.31. The molecule has 0 radical (unpaired) electrons. The van der Waals surface area contributed by atoms with E-state index in [0.717, 1.165) is 0 Å². The third-order valence-electron chi connectivity index (χ3n) is 3.04. The van der Waals surface area contributed by atoms with Crippen LogP contribution in [0.1, 0.15) is 0 Å². The molecule has 1 fully saturated rings. The van der Waals surface area contributed by atoms with Gasteiger partial charge in [0.15, 0.2) is 0 Å². The Labute approximate surface area is 114 Å². The molecule has 0 aromatic rings. The molecule has 1 heterocycles. The van der Waals surface area contributed by atoms with Gasteiger partial charge in [0.25, 0.3) is 10.1 Å².